The van der Waals surface area contributed by atoms with Crippen molar-refractivity contribution < 1.29 is 14.3 Å². The zero-order chi connectivity index (χ0) is 19.2. The molecule has 1 atom stereocenters. The largest absolute Gasteiger partial charge is 0.450 e. The smallest absolute Gasteiger partial charge is 0.409 e. The molecule has 0 saturated carbocycles. The van der Waals surface area contributed by atoms with E-state index in [4.69, 9.17) is 4.74 Å². The van der Waals surface area contributed by atoms with E-state index in [-0.39, 0.29) is 12.0 Å². The summed E-state index contributed by atoms with van der Waals surface area (Å²) in [6.07, 6.45) is 5.46. The Morgan fingerprint density at radius 3 is 2.59 bits per heavy atom. The summed E-state index contributed by atoms with van der Waals surface area (Å²) in [6, 6.07) is 2.08. The summed E-state index contributed by atoms with van der Waals surface area (Å²) < 4.78 is 5.05. The summed E-state index contributed by atoms with van der Waals surface area (Å²) in [7, 11) is 0. The van der Waals surface area contributed by atoms with Gasteiger partial charge in [-0.25, -0.2) is 14.8 Å². The molecule has 2 fully saturated rings. The van der Waals surface area contributed by atoms with Gasteiger partial charge in [0.05, 0.1) is 6.61 Å². The first-order valence-corrected chi connectivity index (χ1v) is 9.93. The molecule has 1 unspecified atom stereocenters. The minimum Gasteiger partial charge on any atom is -0.450 e. The molecular formula is C19H29N5O3. The highest BCUT2D eigenvalue weighted by Gasteiger charge is 2.28. The first-order valence-electron chi connectivity index (χ1n) is 9.93. The molecule has 0 aliphatic carbocycles. The predicted octanol–water partition coefficient (Wildman–Crippen LogP) is 2.16. The van der Waals surface area contributed by atoms with Crippen LogP contribution in [-0.4, -0.2) is 77.1 Å². The average molecular weight is 375 g/mol. The standard InChI is InChI=1S/C19H29N5O3/c1-3-15-7-5-6-8-24(15)18(25)16-13-17(21-14-20-16)22-9-11-23(12-10-22)19(26)27-4-2/h13-15H,3-12H2,1-2H3. The highest BCUT2D eigenvalue weighted by Crippen LogP contribution is 2.22. The monoisotopic (exact) mass is 375 g/mol. The Morgan fingerprint density at radius 2 is 1.89 bits per heavy atom. The summed E-state index contributed by atoms with van der Waals surface area (Å²) in [5, 5.41) is 0. The number of carbonyl (C=O) groups excluding carboxylic acids is 2. The van der Waals surface area contributed by atoms with Crippen LogP contribution in [0.25, 0.3) is 0 Å². The van der Waals surface area contributed by atoms with Crippen LogP contribution in [-0.2, 0) is 4.74 Å². The van der Waals surface area contributed by atoms with E-state index < -0.39 is 0 Å². The van der Waals surface area contributed by atoms with E-state index in [1.54, 1.807) is 17.9 Å². The molecule has 27 heavy (non-hydrogen) atoms. The Hall–Kier alpha value is -2.38. The number of piperazine rings is 1. The number of rotatable bonds is 4. The molecule has 0 N–H and O–H groups in total. The molecule has 1 aromatic heterocycles. The highest BCUT2D eigenvalue weighted by molar-refractivity contribution is 5.93. The number of anilines is 1. The van der Waals surface area contributed by atoms with E-state index in [1.165, 1.54) is 12.7 Å². The number of piperidine rings is 1. The van der Waals surface area contributed by atoms with Crippen molar-refractivity contribution >= 4 is 17.8 Å². The van der Waals surface area contributed by atoms with Gasteiger partial charge in [-0.15, -0.1) is 0 Å². The summed E-state index contributed by atoms with van der Waals surface area (Å²) in [6.45, 7) is 7.59. The maximum atomic E-state index is 13.0. The Morgan fingerprint density at radius 1 is 1.11 bits per heavy atom. The molecule has 3 heterocycles. The second-order valence-electron chi connectivity index (χ2n) is 6.99. The molecule has 2 amide bonds. The van der Waals surface area contributed by atoms with E-state index in [0.717, 1.165) is 31.6 Å². The Kier molecular flexibility index (Phi) is 6.47. The summed E-state index contributed by atoms with van der Waals surface area (Å²) in [5.41, 5.74) is 0.452. The van der Waals surface area contributed by atoms with E-state index in [0.29, 0.717) is 44.5 Å². The minimum absolute atomic E-state index is 0.00430. The second-order valence-corrected chi connectivity index (χ2v) is 6.99. The van der Waals surface area contributed by atoms with Crippen molar-refractivity contribution in [2.45, 2.75) is 45.6 Å². The van der Waals surface area contributed by atoms with Gasteiger partial charge in [-0.2, -0.15) is 0 Å². The van der Waals surface area contributed by atoms with Crippen molar-refractivity contribution in [2.75, 3.05) is 44.2 Å². The lowest BCUT2D eigenvalue weighted by molar-refractivity contribution is 0.0601. The quantitative estimate of drug-likeness (QED) is 0.802. The first-order chi connectivity index (χ1) is 13.1. The lowest BCUT2D eigenvalue weighted by Crippen LogP contribution is -2.49. The zero-order valence-corrected chi connectivity index (χ0v) is 16.3. The molecule has 2 saturated heterocycles. The molecular weight excluding hydrogens is 346 g/mol. The van der Waals surface area contributed by atoms with Crippen molar-refractivity contribution in [3.8, 4) is 0 Å². The lowest BCUT2D eigenvalue weighted by Gasteiger charge is -2.36. The van der Waals surface area contributed by atoms with Gasteiger partial charge in [0.2, 0.25) is 0 Å². The van der Waals surface area contributed by atoms with Crippen molar-refractivity contribution in [1.29, 1.82) is 0 Å². The molecule has 8 nitrogen and oxygen atoms in total. The van der Waals surface area contributed by atoms with Crippen molar-refractivity contribution in [3.05, 3.63) is 18.1 Å². The van der Waals surface area contributed by atoms with Gasteiger partial charge in [-0.3, -0.25) is 4.79 Å². The van der Waals surface area contributed by atoms with Crippen LogP contribution in [0.3, 0.4) is 0 Å². The molecule has 0 spiro atoms. The Labute approximate surface area is 160 Å². The minimum atomic E-state index is -0.272. The molecule has 8 heteroatoms. The fourth-order valence-electron chi connectivity index (χ4n) is 3.81. The molecule has 2 aliphatic heterocycles. The molecule has 2 aliphatic rings. The third-order valence-corrected chi connectivity index (χ3v) is 5.36. The SMILES string of the molecule is CCOC(=O)N1CCN(c2cc(C(=O)N3CCCCC3CC)ncn2)CC1. The van der Waals surface area contributed by atoms with Crippen molar-refractivity contribution in [3.63, 3.8) is 0 Å². The van der Waals surface area contributed by atoms with Gasteiger partial charge in [0, 0.05) is 44.8 Å². The van der Waals surface area contributed by atoms with Crippen LogP contribution in [0.5, 0.6) is 0 Å². The van der Waals surface area contributed by atoms with Crippen LogP contribution in [0.15, 0.2) is 12.4 Å². The second kappa shape index (κ2) is 9.01. The zero-order valence-electron chi connectivity index (χ0n) is 16.3. The number of ether oxygens (including phenoxy) is 1. The van der Waals surface area contributed by atoms with Crippen LogP contribution in [0, 0.1) is 0 Å². The van der Waals surface area contributed by atoms with Crippen LogP contribution < -0.4 is 4.90 Å². The fraction of sp³-hybridized carbons (Fsp3) is 0.684. The molecule has 148 valence electrons. The molecule has 3 rings (SSSR count). The van der Waals surface area contributed by atoms with E-state index >= 15 is 0 Å². The van der Waals surface area contributed by atoms with Crippen LogP contribution in [0.2, 0.25) is 0 Å². The van der Waals surface area contributed by atoms with Gasteiger partial charge in [0.15, 0.2) is 0 Å². The maximum Gasteiger partial charge on any atom is 0.409 e. The predicted molar refractivity (Wildman–Crippen MR) is 102 cm³/mol. The van der Waals surface area contributed by atoms with Crippen LogP contribution in [0.4, 0.5) is 10.6 Å². The van der Waals surface area contributed by atoms with Gasteiger partial charge in [0.1, 0.15) is 17.8 Å². The Balaban J connectivity index is 1.65. The number of likely N-dealkylation sites (tertiary alicyclic amines) is 1. The van der Waals surface area contributed by atoms with Crippen LogP contribution in [0.1, 0.15) is 50.0 Å². The summed E-state index contributed by atoms with van der Waals surface area (Å²) in [5.74, 6) is 0.734. The summed E-state index contributed by atoms with van der Waals surface area (Å²) >= 11 is 0. The van der Waals surface area contributed by atoms with E-state index in [1.807, 2.05) is 4.90 Å². The lowest BCUT2D eigenvalue weighted by atomic mass is 9.99. The number of hydrogen-bond acceptors (Lipinski definition) is 6. The van der Waals surface area contributed by atoms with Gasteiger partial charge in [-0.05, 0) is 32.6 Å². The molecule has 1 aromatic rings. The molecule has 0 bridgehead atoms. The number of carbonyl (C=O) groups is 2. The summed E-state index contributed by atoms with van der Waals surface area (Å²) in [4.78, 5) is 39.1. The van der Waals surface area contributed by atoms with Crippen molar-refractivity contribution in [1.82, 2.24) is 19.8 Å². The molecule has 0 aromatic carbocycles. The third kappa shape index (κ3) is 4.48. The van der Waals surface area contributed by atoms with Crippen molar-refractivity contribution in [2.24, 2.45) is 0 Å². The highest BCUT2D eigenvalue weighted by atomic mass is 16.6. The van der Waals surface area contributed by atoms with Gasteiger partial charge in [-0.1, -0.05) is 6.92 Å². The first kappa shape index (κ1) is 19.4. The van der Waals surface area contributed by atoms with Gasteiger partial charge in [0.25, 0.3) is 5.91 Å². The third-order valence-electron chi connectivity index (χ3n) is 5.36. The number of nitrogens with zero attached hydrogens (tertiary/aromatic N) is 5. The number of aromatic nitrogens is 2. The van der Waals surface area contributed by atoms with E-state index in [2.05, 4.69) is 21.8 Å². The Bertz CT molecular complexity index is 661. The van der Waals surface area contributed by atoms with Gasteiger partial charge >= 0.3 is 6.09 Å². The topological polar surface area (TPSA) is 78.9 Å². The normalized spacial score (nSPS) is 20.5. The average Bonchev–Trinajstić information content (AvgIpc) is 2.73. The molecule has 0 radical (unpaired) electrons. The van der Waals surface area contributed by atoms with E-state index in [9.17, 15) is 9.59 Å². The number of amides is 2. The number of hydrogen-bond donors (Lipinski definition) is 0. The fourth-order valence-corrected chi connectivity index (χ4v) is 3.81. The van der Waals surface area contributed by atoms with Crippen LogP contribution >= 0.6 is 0 Å². The van der Waals surface area contributed by atoms with Gasteiger partial charge < -0.3 is 19.4 Å². The maximum absolute atomic E-state index is 13.0.